The summed E-state index contributed by atoms with van der Waals surface area (Å²) in [6, 6.07) is 8.10. The number of aryl methyl sites for hydroxylation is 1. The lowest BCUT2D eigenvalue weighted by atomic mass is 9.98. The average Bonchev–Trinajstić information content (AvgIpc) is 2.56. The number of rotatable bonds is 5. The summed E-state index contributed by atoms with van der Waals surface area (Å²) in [5.41, 5.74) is 2.67. The summed E-state index contributed by atoms with van der Waals surface area (Å²) in [4.78, 5) is 14.3. The van der Waals surface area contributed by atoms with Crippen LogP contribution in [0.25, 0.3) is 11.0 Å². The van der Waals surface area contributed by atoms with Crippen molar-refractivity contribution in [2.24, 2.45) is 0 Å². The van der Waals surface area contributed by atoms with Crippen molar-refractivity contribution in [3.8, 4) is 0 Å². The van der Waals surface area contributed by atoms with Crippen molar-refractivity contribution in [3.05, 3.63) is 45.8 Å². The molecule has 23 heavy (non-hydrogen) atoms. The molecule has 4 nitrogen and oxygen atoms in total. The molecule has 1 atom stereocenters. The second kappa shape index (κ2) is 7.28. The maximum atomic E-state index is 11.9. The van der Waals surface area contributed by atoms with E-state index in [2.05, 4.69) is 17.9 Å². The number of hydrogen-bond acceptors (Lipinski definition) is 4. The standard InChI is InChI=1S/C19H25NO3/c1-2-14-6-7-18-17(11-14)15(12-19(22)23-18)13-20-9-4-3-5-16(20)8-10-21/h6-7,11-12,16,21H,2-5,8-10,13H2,1H3. The van der Waals surface area contributed by atoms with E-state index in [4.69, 9.17) is 4.42 Å². The lowest BCUT2D eigenvalue weighted by molar-refractivity contribution is 0.113. The minimum absolute atomic E-state index is 0.221. The van der Waals surface area contributed by atoms with E-state index in [1.54, 1.807) is 6.07 Å². The van der Waals surface area contributed by atoms with Crippen LogP contribution in [0.2, 0.25) is 0 Å². The maximum absolute atomic E-state index is 11.9. The third-order valence-corrected chi connectivity index (χ3v) is 4.89. The molecule has 1 aliphatic rings. The van der Waals surface area contributed by atoms with Gasteiger partial charge < -0.3 is 9.52 Å². The van der Waals surface area contributed by atoms with Gasteiger partial charge in [0.2, 0.25) is 0 Å². The Morgan fingerprint density at radius 3 is 2.96 bits per heavy atom. The molecule has 0 saturated carbocycles. The number of hydrogen-bond donors (Lipinski definition) is 1. The zero-order chi connectivity index (χ0) is 16.2. The van der Waals surface area contributed by atoms with Crippen molar-refractivity contribution in [2.45, 2.75) is 51.6 Å². The Morgan fingerprint density at radius 2 is 2.17 bits per heavy atom. The van der Waals surface area contributed by atoms with Crippen LogP contribution in [0.5, 0.6) is 0 Å². The molecule has 0 aliphatic carbocycles. The molecule has 0 amide bonds. The molecule has 1 unspecified atom stereocenters. The highest BCUT2D eigenvalue weighted by molar-refractivity contribution is 5.80. The molecule has 2 heterocycles. The lowest BCUT2D eigenvalue weighted by Crippen LogP contribution is -2.39. The van der Waals surface area contributed by atoms with Gasteiger partial charge in [0.05, 0.1) is 0 Å². The first-order chi connectivity index (χ1) is 11.2. The lowest BCUT2D eigenvalue weighted by Gasteiger charge is -2.35. The van der Waals surface area contributed by atoms with Gasteiger partial charge in [0, 0.05) is 30.6 Å². The van der Waals surface area contributed by atoms with Gasteiger partial charge in [-0.05, 0) is 55.5 Å². The molecule has 1 aromatic heterocycles. The predicted octanol–water partition coefficient (Wildman–Crippen LogP) is 3.09. The molecule has 0 bridgehead atoms. The number of likely N-dealkylation sites (tertiary alicyclic amines) is 1. The summed E-state index contributed by atoms with van der Waals surface area (Å²) in [6.07, 6.45) is 5.30. The van der Waals surface area contributed by atoms with E-state index in [9.17, 15) is 9.90 Å². The van der Waals surface area contributed by atoms with Gasteiger partial charge in [0.1, 0.15) is 5.58 Å². The first-order valence-electron chi connectivity index (χ1n) is 8.62. The Bertz CT molecular complexity index is 720. The Morgan fingerprint density at radius 1 is 1.30 bits per heavy atom. The highest BCUT2D eigenvalue weighted by Crippen LogP contribution is 2.25. The van der Waals surface area contributed by atoms with Gasteiger partial charge in [-0.15, -0.1) is 0 Å². The summed E-state index contributed by atoms with van der Waals surface area (Å²) in [6.45, 7) is 4.13. The molecule has 1 N–H and O–H groups in total. The first-order valence-corrected chi connectivity index (χ1v) is 8.62. The molecule has 0 radical (unpaired) electrons. The van der Waals surface area contributed by atoms with Gasteiger partial charge in [-0.25, -0.2) is 4.79 Å². The van der Waals surface area contributed by atoms with Crippen LogP contribution in [0.15, 0.2) is 33.5 Å². The van der Waals surface area contributed by atoms with Crippen LogP contribution in [0, 0.1) is 0 Å². The smallest absolute Gasteiger partial charge is 0.336 e. The number of aliphatic hydroxyl groups is 1. The second-order valence-electron chi connectivity index (χ2n) is 6.41. The summed E-state index contributed by atoms with van der Waals surface area (Å²) in [5.74, 6) is 0. The van der Waals surface area contributed by atoms with Crippen molar-refractivity contribution < 1.29 is 9.52 Å². The van der Waals surface area contributed by atoms with Gasteiger partial charge in [-0.3, -0.25) is 4.90 Å². The highest BCUT2D eigenvalue weighted by Gasteiger charge is 2.22. The van der Waals surface area contributed by atoms with Crippen molar-refractivity contribution in [1.29, 1.82) is 0 Å². The molecule has 1 saturated heterocycles. The van der Waals surface area contributed by atoms with Gasteiger partial charge in [-0.2, -0.15) is 0 Å². The monoisotopic (exact) mass is 315 g/mol. The van der Waals surface area contributed by atoms with Crippen LogP contribution in [-0.4, -0.2) is 29.2 Å². The maximum Gasteiger partial charge on any atom is 0.336 e. The van der Waals surface area contributed by atoms with E-state index < -0.39 is 0 Å². The molecule has 1 aliphatic heterocycles. The minimum atomic E-state index is -0.285. The second-order valence-corrected chi connectivity index (χ2v) is 6.41. The van der Waals surface area contributed by atoms with E-state index >= 15 is 0 Å². The number of fused-ring (bicyclic) bond motifs is 1. The normalized spacial score (nSPS) is 19.3. The van der Waals surface area contributed by atoms with Crippen molar-refractivity contribution in [3.63, 3.8) is 0 Å². The topological polar surface area (TPSA) is 53.7 Å². The molecule has 1 aromatic carbocycles. The van der Waals surface area contributed by atoms with Gasteiger partial charge in [0.25, 0.3) is 0 Å². The molecule has 4 heteroatoms. The number of benzene rings is 1. The average molecular weight is 315 g/mol. The van der Waals surface area contributed by atoms with Crippen LogP contribution in [-0.2, 0) is 13.0 Å². The van der Waals surface area contributed by atoms with E-state index in [1.807, 2.05) is 12.1 Å². The molecule has 3 rings (SSSR count). The van der Waals surface area contributed by atoms with Gasteiger partial charge >= 0.3 is 5.63 Å². The largest absolute Gasteiger partial charge is 0.423 e. The molecular formula is C19H25NO3. The third-order valence-electron chi connectivity index (χ3n) is 4.89. The quantitative estimate of drug-likeness (QED) is 0.862. The number of piperidine rings is 1. The van der Waals surface area contributed by atoms with Gasteiger partial charge in [-0.1, -0.05) is 19.4 Å². The molecule has 1 fully saturated rings. The summed E-state index contributed by atoms with van der Waals surface area (Å²) >= 11 is 0. The van der Waals surface area contributed by atoms with E-state index in [0.717, 1.165) is 43.3 Å². The molecule has 124 valence electrons. The van der Waals surface area contributed by atoms with Crippen LogP contribution in [0.1, 0.15) is 43.7 Å². The molecule has 2 aromatic rings. The fraction of sp³-hybridized carbons (Fsp3) is 0.526. The van der Waals surface area contributed by atoms with Crippen LogP contribution < -0.4 is 5.63 Å². The Labute approximate surface area is 136 Å². The summed E-state index contributed by atoms with van der Waals surface area (Å²) < 4.78 is 5.35. The number of aliphatic hydroxyl groups excluding tert-OH is 1. The zero-order valence-corrected chi connectivity index (χ0v) is 13.8. The fourth-order valence-corrected chi connectivity index (χ4v) is 3.59. The fourth-order valence-electron chi connectivity index (χ4n) is 3.59. The first kappa shape index (κ1) is 16.2. The molecular weight excluding hydrogens is 290 g/mol. The number of nitrogens with zero attached hydrogens (tertiary/aromatic N) is 1. The Kier molecular flexibility index (Phi) is 5.13. The van der Waals surface area contributed by atoms with Crippen molar-refractivity contribution >= 4 is 11.0 Å². The third kappa shape index (κ3) is 3.65. The van der Waals surface area contributed by atoms with E-state index in [1.165, 1.54) is 18.4 Å². The SMILES string of the molecule is CCc1ccc2oc(=O)cc(CN3CCCCC3CCO)c2c1. The Balaban J connectivity index is 1.95. The summed E-state index contributed by atoms with van der Waals surface area (Å²) in [7, 11) is 0. The van der Waals surface area contributed by atoms with Crippen LogP contribution in [0.4, 0.5) is 0 Å². The summed E-state index contributed by atoms with van der Waals surface area (Å²) in [5, 5.41) is 10.3. The van der Waals surface area contributed by atoms with E-state index in [0.29, 0.717) is 11.6 Å². The highest BCUT2D eigenvalue weighted by atomic mass is 16.4. The predicted molar refractivity (Wildman–Crippen MR) is 91.6 cm³/mol. The van der Waals surface area contributed by atoms with Crippen LogP contribution in [0.3, 0.4) is 0 Å². The van der Waals surface area contributed by atoms with Crippen molar-refractivity contribution in [2.75, 3.05) is 13.2 Å². The molecule has 0 spiro atoms. The van der Waals surface area contributed by atoms with Gasteiger partial charge in [0.15, 0.2) is 0 Å². The minimum Gasteiger partial charge on any atom is -0.423 e. The van der Waals surface area contributed by atoms with Crippen LogP contribution >= 0.6 is 0 Å². The van der Waals surface area contributed by atoms with E-state index in [-0.39, 0.29) is 12.2 Å². The van der Waals surface area contributed by atoms with Crippen molar-refractivity contribution in [1.82, 2.24) is 4.90 Å². The zero-order valence-electron chi connectivity index (χ0n) is 13.8. The Hall–Kier alpha value is -1.65.